The van der Waals surface area contributed by atoms with Gasteiger partial charge in [-0.25, -0.2) is 0 Å². The highest BCUT2D eigenvalue weighted by Crippen LogP contribution is 2.03. The molecule has 42 valence electrons. The molecule has 1 fully saturated rings. The van der Waals surface area contributed by atoms with Crippen LogP contribution in [0.5, 0.6) is 0 Å². The molecule has 0 radical (unpaired) electrons. The molecule has 0 spiro atoms. The third-order valence-corrected chi connectivity index (χ3v) is 2.61. The van der Waals surface area contributed by atoms with E-state index < -0.39 is 10.8 Å². The van der Waals surface area contributed by atoms with Crippen LogP contribution in [0.15, 0.2) is 0 Å². The smallest absolute Gasteiger partial charge is 0.0386 e. The largest absolute Gasteiger partial charge is 0.327 e. The summed E-state index contributed by atoms with van der Waals surface area (Å²) in [5.41, 5.74) is 5.43. The molecule has 2 N–H and O–H groups in total. The Balaban J connectivity index is 2.40. The average Bonchev–Trinajstić information content (AvgIpc) is 1.87. The van der Waals surface area contributed by atoms with Gasteiger partial charge < -0.3 is 5.73 Å². The minimum absolute atomic E-state index is 0.223. The van der Waals surface area contributed by atoms with Crippen molar-refractivity contribution in [1.29, 1.82) is 0 Å². The summed E-state index contributed by atoms with van der Waals surface area (Å²) in [7, 11) is -0.578. The lowest BCUT2D eigenvalue weighted by molar-refractivity contribution is 0.686. The zero-order chi connectivity index (χ0) is 5.28. The molecule has 3 heteroatoms. The molecular weight excluding hydrogens is 110 g/mol. The summed E-state index contributed by atoms with van der Waals surface area (Å²) in [6, 6.07) is 0.223. The lowest BCUT2D eigenvalue weighted by Crippen LogP contribution is -2.18. The molecule has 0 saturated carbocycles. The van der Waals surface area contributed by atoms with E-state index in [0.29, 0.717) is 0 Å². The summed E-state index contributed by atoms with van der Waals surface area (Å²) in [5.74, 6) is 1.54. The van der Waals surface area contributed by atoms with Gasteiger partial charge in [-0.15, -0.1) is 0 Å². The molecule has 0 amide bonds. The predicted octanol–water partition coefficient (Wildman–Crippen LogP) is -0.534. The Morgan fingerprint density at radius 2 is 2.43 bits per heavy atom. The molecule has 1 rings (SSSR count). The van der Waals surface area contributed by atoms with E-state index in [1.165, 1.54) is 0 Å². The van der Waals surface area contributed by atoms with Gasteiger partial charge in [0, 0.05) is 28.3 Å². The highest BCUT2D eigenvalue weighted by molar-refractivity contribution is 7.85. The van der Waals surface area contributed by atoms with Crippen molar-refractivity contribution in [3.8, 4) is 0 Å². The predicted molar refractivity (Wildman–Crippen MR) is 30.5 cm³/mol. The maximum absolute atomic E-state index is 10.5. The van der Waals surface area contributed by atoms with Crippen LogP contribution >= 0.6 is 0 Å². The Morgan fingerprint density at radius 3 is 2.57 bits per heavy atom. The Kier molecular flexibility index (Phi) is 1.44. The zero-order valence-corrected chi connectivity index (χ0v) is 4.91. The van der Waals surface area contributed by atoms with Gasteiger partial charge in [-0.05, 0) is 6.42 Å². The quantitative estimate of drug-likeness (QED) is 0.465. The van der Waals surface area contributed by atoms with E-state index in [9.17, 15) is 4.21 Å². The van der Waals surface area contributed by atoms with Crippen molar-refractivity contribution >= 4 is 10.8 Å². The molecule has 1 aliphatic rings. The minimum atomic E-state index is -0.578. The van der Waals surface area contributed by atoms with Gasteiger partial charge >= 0.3 is 0 Å². The van der Waals surface area contributed by atoms with Gasteiger partial charge in [-0.3, -0.25) is 4.21 Å². The normalized spacial score (nSPS) is 41.9. The van der Waals surface area contributed by atoms with Crippen molar-refractivity contribution in [2.75, 3.05) is 11.5 Å². The lowest BCUT2D eigenvalue weighted by Gasteiger charge is -1.91. The second kappa shape index (κ2) is 1.92. The molecule has 7 heavy (non-hydrogen) atoms. The highest BCUT2D eigenvalue weighted by Gasteiger charge is 2.15. The Bertz CT molecular complexity index is 93.7. The highest BCUT2D eigenvalue weighted by atomic mass is 32.2. The van der Waals surface area contributed by atoms with Gasteiger partial charge in [0.1, 0.15) is 0 Å². The molecule has 1 aliphatic heterocycles. The maximum atomic E-state index is 10.5. The van der Waals surface area contributed by atoms with Crippen LogP contribution < -0.4 is 5.73 Å². The van der Waals surface area contributed by atoms with Crippen LogP contribution in [-0.2, 0) is 10.8 Å². The Labute approximate surface area is 45.5 Å². The summed E-state index contributed by atoms with van der Waals surface area (Å²) in [6.07, 6.45) is 0.951. The molecule has 0 aromatic rings. The second-order valence-electron chi connectivity index (χ2n) is 1.86. The Hall–Kier alpha value is 0.110. The van der Waals surface area contributed by atoms with Gasteiger partial charge in [-0.2, -0.15) is 0 Å². The van der Waals surface area contributed by atoms with Gasteiger partial charge in [0.2, 0.25) is 0 Å². The fraction of sp³-hybridized carbons (Fsp3) is 1.00. The first-order valence-corrected chi connectivity index (χ1v) is 3.88. The second-order valence-corrected chi connectivity index (χ2v) is 3.48. The number of hydrogen-bond acceptors (Lipinski definition) is 2. The molecule has 0 aliphatic carbocycles. The van der Waals surface area contributed by atoms with E-state index in [1.54, 1.807) is 0 Å². The van der Waals surface area contributed by atoms with Crippen LogP contribution in [0.2, 0.25) is 0 Å². The molecule has 0 aromatic carbocycles. The SMILES string of the molecule is N[C@@H]1CC[S@@](=O)C1. The van der Waals surface area contributed by atoms with Crippen molar-refractivity contribution < 1.29 is 4.21 Å². The van der Waals surface area contributed by atoms with Crippen LogP contribution in [0.1, 0.15) is 6.42 Å². The molecule has 1 heterocycles. The van der Waals surface area contributed by atoms with Crippen LogP contribution in [-0.4, -0.2) is 21.8 Å². The molecule has 0 aromatic heterocycles. The van der Waals surface area contributed by atoms with E-state index in [2.05, 4.69) is 0 Å². The molecule has 2 atom stereocenters. The lowest BCUT2D eigenvalue weighted by atomic mass is 10.3. The minimum Gasteiger partial charge on any atom is -0.327 e. The average molecular weight is 119 g/mol. The third kappa shape index (κ3) is 1.24. The van der Waals surface area contributed by atoms with Gasteiger partial charge in [0.05, 0.1) is 0 Å². The maximum Gasteiger partial charge on any atom is 0.0386 e. The number of hydrogen-bond donors (Lipinski definition) is 1. The topological polar surface area (TPSA) is 43.1 Å². The molecule has 0 bridgehead atoms. The summed E-state index contributed by atoms with van der Waals surface area (Å²) in [6.45, 7) is 0. The van der Waals surface area contributed by atoms with Crippen LogP contribution in [0.25, 0.3) is 0 Å². The summed E-state index contributed by atoms with van der Waals surface area (Å²) in [5, 5.41) is 0. The van der Waals surface area contributed by atoms with Crippen LogP contribution in [0.4, 0.5) is 0 Å². The van der Waals surface area contributed by atoms with E-state index in [-0.39, 0.29) is 6.04 Å². The van der Waals surface area contributed by atoms with Crippen molar-refractivity contribution in [2.45, 2.75) is 12.5 Å². The fourth-order valence-electron chi connectivity index (χ4n) is 0.688. The molecular formula is C4H9NOS. The summed E-state index contributed by atoms with van der Waals surface area (Å²) >= 11 is 0. The monoisotopic (exact) mass is 119 g/mol. The van der Waals surface area contributed by atoms with Crippen molar-refractivity contribution in [3.63, 3.8) is 0 Å². The number of rotatable bonds is 0. The standard InChI is InChI=1S/C4H9NOS/c5-4-1-2-7(6)3-4/h4H,1-3,5H2/t4-,7-/m1/s1. The zero-order valence-electron chi connectivity index (χ0n) is 4.09. The first kappa shape index (κ1) is 5.25. The molecule has 0 unspecified atom stereocenters. The molecule has 2 nitrogen and oxygen atoms in total. The van der Waals surface area contributed by atoms with Gasteiger partial charge in [-0.1, -0.05) is 0 Å². The van der Waals surface area contributed by atoms with E-state index in [1.807, 2.05) is 0 Å². The summed E-state index contributed by atoms with van der Waals surface area (Å²) < 4.78 is 10.5. The van der Waals surface area contributed by atoms with Crippen LogP contribution in [0, 0.1) is 0 Å². The van der Waals surface area contributed by atoms with Crippen LogP contribution in [0.3, 0.4) is 0 Å². The third-order valence-electron chi connectivity index (χ3n) is 1.12. The van der Waals surface area contributed by atoms with E-state index in [0.717, 1.165) is 17.9 Å². The van der Waals surface area contributed by atoms with Crippen molar-refractivity contribution in [3.05, 3.63) is 0 Å². The van der Waals surface area contributed by atoms with Crippen molar-refractivity contribution in [1.82, 2.24) is 0 Å². The van der Waals surface area contributed by atoms with Crippen molar-refractivity contribution in [2.24, 2.45) is 5.73 Å². The van der Waals surface area contributed by atoms with Gasteiger partial charge in [0.25, 0.3) is 0 Å². The first-order valence-electron chi connectivity index (χ1n) is 2.39. The Morgan fingerprint density at radius 1 is 1.71 bits per heavy atom. The van der Waals surface area contributed by atoms with Gasteiger partial charge in [0.15, 0.2) is 0 Å². The summed E-state index contributed by atoms with van der Waals surface area (Å²) in [4.78, 5) is 0. The fourth-order valence-corrected chi connectivity index (χ4v) is 2.06. The molecule has 1 saturated heterocycles. The van der Waals surface area contributed by atoms with E-state index >= 15 is 0 Å². The first-order chi connectivity index (χ1) is 3.29. The van der Waals surface area contributed by atoms with E-state index in [4.69, 9.17) is 5.73 Å². The number of nitrogens with two attached hydrogens (primary N) is 1.